The molecule has 1 atom stereocenters. The minimum atomic E-state index is -0.782. The molecule has 0 amide bonds. The lowest BCUT2D eigenvalue weighted by Gasteiger charge is -2.18. The Morgan fingerprint density at radius 2 is 0.444 bits per heavy atom. The van der Waals surface area contributed by atoms with E-state index >= 15 is 0 Å². The number of hydrogen-bond acceptors (Lipinski definition) is 6. The van der Waals surface area contributed by atoms with Gasteiger partial charge in [0.25, 0.3) is 0 Å². The highest BCUT2D eigenvalue weighted by Crippen LogP contribution is 2.18. The van der Waals surface area contributed by atoms with E-state index in [9.17, 15) is 14.4 Å². The van der Waals surface area contributed by atoms with Gasteiger partial charge in [-0.15, -0.1) is 0 Å². The predicted octanol–water partition coefficient (Wildman–Crippen LogP) is 24.7. The third-order valence-electron chi connectivity index (χ3n) is 16.0. The van der Waals surface area contributed by atoms with Crippen molar-refractivity contribution in [2.75, 3.05) is 13.2 Å². The van der Waals surface area contributed by atoms with Crippen molar-refractivity contribution in [2.24, 2.45) is 0 Å². The molecule has 0 spiro atoms. The van der Waals surface area contributed by atoms with E-state index in [4.69, 9.17) is 14.2 Å². The molecule has 0 saturated heterocycles. The van der Waals surface area contributed by atoms with Crippen LogP contribution in [0.1, 0.15) is 380 Å². The standard InChI is InChI=1S/C75H136O6/c1-4-7-10-13-16-19-22-25-28-30-32-34-35-36-37-38-39-41-42-44-47-50-53-56-59-62-65-68-74(77)80-71-72(70-79-73(76)67-64-61-58-55-52-49-46-27-24-21-18-15-12-9-6-3)81-75(78)69-66-63-60-57-54-51-48-45-43-40-33-31-29-26-23-20-17-14-11-8-5-2/h18,21-22,25,27,30-33,46,72H,4-17,19-20,23-24,26,28-29,34-45,47-71H2,1-3H3/b21-18-,25-22-,32-30-,33-31-,46-27-. The zero-order valence-electron chi connectivity index (χ0n) is 54.3. The molecule has 0 radical (unpaired) electrons. The molecule has 0 bridgehead atoms. The fourth-order valence-electron chi connectivity index (χ4n) is 10.6. The number of unbranched alkanes of at least 4 members (excludes halogenated alkanes) is 45. The van der Waals surface area contributed by atoms with E-state index in [1.165, 1.54) is 257 Å². The number of carbonyl (C=O) groups excluding carboxylic acids is 3. The number of hydrogen-bond donors (Lipinski definition) is 0. The SMILES string of the molecule is CCCCC/C=C\C/C=C\CCCCCCCC(=O)OCC(COC(=O)CCCCCCCCCCCCCCCCC/C=C\C/C=C\CCCCCCC)OC(=O)CCCCCCCCCCC/C=C\CCCCCCCCCC. The smallest absolute Gasteiger partial charge is 0.306 e. The Morgan fingerprint density at radius 1 is 0.247 bits per heavy atom. The monoisotopic (exact) mass is 1130 g/mol. The Morgan fingerprint density at radius 3 is 0.716 bits per heavy atom. The van der Waals surface area contributed by atoms with Crippen LogP contribution in [0.3, 0.4) is 0 Å². The molecule has 6 nitrogen and oxygen atoms in total. The van der Waals surface area contributed by atoms with E-state index in [-0.39, 0.29) is 31.1 Å². The van der Waals surface area contributed by atoms with Crippen LogP contribution in [0.25, 0.3) is 0 Å². The van der Waals surface area contributed by atoms with Crippen LogP contribution in [0.5, 0.6) is 0 Å². The summed E-state index contributed by atoms with van der Waals surface area (Å²) in [6.07, 6.45) is 89.6. The zero-order chi connectivity index (χ0) is 58.5. The van der Waals surface area contributed by atoms with Crippen molar-refractivity contribution in [3.05, 3.63) is 60.8 Å². The summed E-state index contributed by atoms with van der Waals surface area (Å²) in [5.41, 5.74) is 0. The number of esters is 3. The fourth-order valence-corrected chi connectivity index (χ4v) is 10.6. The first-order chi connectivity index (χ1) is 40.0. The number of ether oxygens (including phenoxy) is 3. The summed E-state index contributed by atoms with van der Waals surface area (Å²) < 4.78 is 17.0. The van der Waals surface area contributed by atoms with Crippen molar-refractivity contribution in [2.45, 2.75) is 386 Å². The van der Waals surface area contributed by atoms with Crippen molar-refractivity contribution in [1.82, 2.24) is 0 Å². The van der Waals surface area contributed by atoms with Crippen molar-refractivity contribution < 1.29 is 28.6 Å². The van der Waals surface area contributed by atoms with Gasteiger partial charge in [-0.2, -0.15) is 0 Å². The third-order valence-corrected chi connectivity index (χ3v) is 16.0. The van der Waals surface area contributed by atoms with Gasteiger partial charge in [0.15, 0.2) is 6.10 Å². The average Bonchev–Trinajstić information content (AvgIpc) is 3.47. The van der Waals surface area contributed by atoms with Gasteiger partial charge in [0.05, 0.1) is 0 Å². The molecule has 1 unspecified atom stereocenters. The highest BCUT2D eigenvalue weighted by molar-refractivity contribution is 5.71. The summed E-state index contributed by atoms with van der Waals surface area (Å²) in [7, 11) is 0. The van der Waals surface area contributed by atoms with Gasteiger partial charge in [0.2, 0.25) is 0 Å². The quantitative estimate of drug-likeness (QED) is 0.0261. The topological polar surface area (TPSA) is 78.9 Å². The van der Waals surface area contributed by atoms with E-state index in [2.05, 4.69) is 81.5 Å². The molecule has 0 aliphatic rings. The maximum Gasteiger partial charge on any atom is 0.306 e. The zero-order valence-corrected chi connectivity index (χ0v) is 54.3. The predicted molar refractivity (Wildman–Crippen MR) is 353 cm³/mol. The summed E-state index contributed by atoms with van der Waals surface area (Å²) in [6, 6.07) is 0. The molecular weight excluding hydrogens is 997 g/mol. The van der Waals surface area contributed by atoms with Crippen molar-refractivity contribution >= 4 is 17.9 Å². The number of allylic oxidation sites excluding steroid dienone is 10. The highest BCUT2D eigenvalue weighted by Gasteiger charge is 2.19. The summed E-state index contributed by atoms with van der Waals surface area (Å²) in [4.78, 5) is 38.5. The maximum absolute atomic E-state index is 13.0. The van der Waals surface area contributed by atoms with Crippen LogP contribution < -0.4 is 0 Å². The molecule has 0 aromatic carbocycles. The molecule has 0 rings (SSSR count). The van der Waals surface area contributed by atoms with E-state index < -0.39 is 6.10 Å². The van der Waals surface area contributed by atoms with E-state index in [0.29, 0.717) is 19.3 Å². The Labute approximate surface area is 504 Å². The fraction of sp³-hybridized carbons (Fsp3) is 0.827. The molecule has 0 heterocycles. The lowest BCUT2D eigenvalue weighted by atomic mass is 10.0. The first-order valence-electron chi connectivity index (χ1n) is 35.8. The van der Waals surface area contributed by atoms with E-state index in [0.717, 1.165) is 83.5 Å². The van der Waals surface area contributed by atoms with Crippen molar-refractivity contribution in [1.29, 1.82) is 0 Å². The van der Waals surface area contributed by atoms with Gasteiger partial charge in [0, 0.05) is 19.3 Å². The molecule has 6 heteroatoms. The van der Waals surface area contributed by atoms with Crippen molar-refractivity contribution in [3.63, 3.8) is 0 Å². The lowest BCUT2D eigenvalue weighted by molar-refractivity contribution is -0.167. The Hall–Kier alpha value is -2.89. The minimum absolute atomic E-state index is 0.0766. The molecule has 0 N–H and O–H groups in total. The van der Waals surface area contributed by atoms with E-state index in [1.54, 1.807) is 0 Å². The van der Waals surface area contributed by atoms with Gasteiger partial charge in [-0.05, 0) is 109 Å². The van der Waals surface area contributed by atoms with Crippen LogP contribution in [0.2, 0.25) is 0 Å². The van der Waals surface area contributed by atoms with E-state index in [1.807, 2.05) is 0 Å². The average molecular weight is 1130 g/mol. The first-order valence-corrected chi connectivity index (χ1v) is 35.8. The van der Waals surface area contributed by atoms with Gasteiger partial charge < -0.3 is 14.2 Å². The summed E-state index contributed by atoms with van der Waals surface area (Å²) in [5, 5.41) is 0. The van der Waals surface area contributed by atoms with Crippen LogP contribution >= 0.6 is 0 Å². The molecular formula is C75H136O6. The molecule has 0 fully saturated rings. The molecule has 0 aliphatic carbocycles. The Bertz CT molecular complexity index is 1440. The maximum atomic E-state index is 13.0. The van der Waals surface area contributed by atoms with Crippen LogP contribution in [0.15, 0.2) is 60.8 Å². The second-order valence-electron chi connectivity index (χ2n) is 24.1. The van der Waals surface area contributed by atoms with Gasteiger partial charge in [-0.3, -0.25) is 14.4 Å². The van der Waals surface area contributed by atoms with Gasteiger partial charge in [-0.1, -0.05) is 313 Å². The summed E-state index contributed by atoms with van der Waals surface area (Å²) in [5.74, 6) is -0.870. The Kier molecular flexibility index (Phi) is 67.1. The van der Waals surface area contributed by atoms with Crippen molar-refractivity contribution in [3.8, 4) is 0 Å². The van der Waals surface area contributed by atoms with Crippen LogP contribution in [0, 0.1) is 0 Å². The van der Waals surface area contributed by atoms with Gasteiger partial charge in [0.1, 0.15) is 13.2 Å². The number of rotatable bonds is 66. The van der Waals surface area contributed by atoms with Crippen LogP contribution in [0.4, 0.5) is 0 Å². The molecule has 0 aliphatic heterocycles. The second-order valence-corrected chi connectivity index (χ2v) is 24.1. The van der Waals surface area contributed by atoms with Gasteiger partial charge in [-0.25, -0.2) is 0 Å². The lowest BCUT2D eigenvalue weighted by Crippen LogP contribution is -2.30. The highest BCUT2D eigenvalue weighted by atomic mass is 16.6. The third kappa shape index (κ3) is 67.8. The summed E-state index contributed by atoms with van der Waals surface area (Å²) >= 11 is 0. The molecule has 0 aromatic heterocycles. The molecule has 81 heavy (non-hydrogen) atoms. The molecule has 0 aromatic rings. The van der Waals surface area contributed by atoms with Crippen LogP contribution in [-0.2, 0) is 28.6 Å². The largest absolute Gasteiger partial charge is 0.462 e. The second kappa shape index (κ2) is 69.6. The summed E-state index contributed by atoms with van der Waals surface area (Å²) in [6.45, 7) is 6.65. The number of carbonyl (C=O) groups is 3. The normalized spacial score (nSPS) is 12.4. The minimum Gasteiger partial charge on any atom is -0.462 e. The van der Waals surface area contributed by atoms with Gasteiger partial charge >= 0.3 is 17.9 Å². The molecule has 0 saturated carbocycles. The molecule has 472 valence electrons. The van der Waals surface area contributed by atoms with Crippen LogP contribution in [-0.4, -0.2) is 37.2 Å². The Balaban J connectivity index is 4.28. The first kappa shape index (κ1) is 78.1.